The van der Waals surface area contributed by atoms with Crippen LogP contribution in [0.3, 0.4) is 0 Å². The Bertz CT molecular complexity index is 833. The van der Waals surface area contributed by atoms with Crippen LogP contribution in [0, 0.1) is 11.5 Å². The lowest BCUT2D eigenvalue weighted by Crippen LogP contribution is -2.16. The number of methoxy groups -OCH3 is 1. The van der Waals surface area contributed by atoms with Crippen LogP contribution in [0.1, 0.15) is 22.3 Å². The molecule has 0 aromatic heterocycles. The molecule has 0 fully saturated rings. The van der Waals surface area contributed by atoms with E-state index in [0.29, 0.717) is 0 Å². The Kier molecular flexibility index (Phi) is 4.59. The van der Waals surface area contributed by atoms with Gasteiger partial charge in [0.2, 0.25) is 0 Å². The van der Waals surface area contributed by atoms with Gasteiger partial charge < -0.3 is 4.74 Å². The third kappa shape index (κ3) is 3.96. The first kappa shape index (κ1) is 16.5. The zero-order valence-electron chi connectivity index (χ0n) is 14.8. The second kappa shape index (κ2) is 6.66. The van der Waals surface area contributed by atoms with Gasteiger partial charge in [-0.25, -0.2) is 0 Å². The van der Waals surface area contributed by atoms with Crippen molar-refractivity contribution in [2.75, 3.05) is 7.11 Å². The highest BCUT2D eigenvalue weighted by Gasteiger charge is 2.14. The molecule has 0 bridgehead atoms. The molecule has 2 aromatic rings. The predicted molar refractivity (Wildman–Crippen MR) is 104 cm³/mol. The van der Waals surface area contributed by atoms with E-state index in [2.05, 4.69) is 67.5 Å². The van der Waals surface area contributed by atoms with E-state index in [-0.39, 0.29) is 0 Å². The van der Waals surface area contributed by atoms with Gasteiger partial charge in [0.25, 0.3) is 0 Å². The lowest BCUT2D eigenvalue weighted by Gasteiger charge is -2.17. The van der Waals surface area contributed by atoms with Crippen LogP contribution in [0.2, 0.25) is 19.6 Å². The van der Waals surface area contributed by atoms with E-state index >= 15 is 0 Å². The summed E-state index contributed by atoms with van der Waals surface area (Å²) in [6, 6.07) is 14.8. The maximum atomic E-state index is 5.29. The van der Waals surface area contributed by atoms with E-state index in [0.717, 1.165) is 30.0 Å². The highest BCUT2D eigenvalue weighted by molar-refractivity contribution is 6.83. The number of ether oxygens (including phenoxy) is 1. The molecule has 0 unspecified atom stereocenters. The molecule has 0 spiro atoms. The SMILES string of the molecule is COc1ccc2c(c1)CN=C(c1ccc(C#C[Si](C)(C)C)cc1)C2. The second-order valence-electron chi connectivity index (χ2n) is 7.15. The normalized spacial score (nSPS) is 13.4. The smallest absolute Gasteiger partial charge is 0.129 e. The molecule has 0 saturated carbocycles. The molecule has 2 aromatic carbocycles. The first-order chi connectivity index (χ1) is 11.4. The summed E-state index contributed by atoms with van der Waals surface area (Å²) < 4.78 is 5.29. The van der Waals surface area contributed by atoms with Crippen molar-refractivity contribution < 1.29 is 4.74 Å². The average Bonchev–Trinajstić information content (AvgIpc) is 2.59. The topological polar surface area (TPSA) is 21.6 Å². The Morgan fingerprint density at radius 2 is 1.75 bits per heavy atom. The summed E-state index contributed by atoms with van der Waals surface area (Å²) in [7, 11) is 0.372. The van der Waals surface area contributed by atoms with Gasteiger partial charge in [-0.05, 0) is 41.0 Å². The van der Waals surface area contributed by atoms with Gasteiger partial charge >= 0.3 is 0 Å². The molecule has 3 heteroatoms. The molecule has 1 aliphatic heterocycles. The van der Waals surface area contributed by atoms with Gasteiger partial charge in [-0.15, -0.1) is 5.54 Å². The van der Waals surface area contributed by atoms with E-state index in [1.54, 1.807) is 7.11 Å². The van der Waals surface area contributed by atoms with E-state index < -0.39 is 8.07 Å². The molecule has 1 heterocycles. The van der Waals surface area contributed by atoms with E-state index in [9.17, 15) is 0 Å². The third-order valence-corrected chi connectivity index (χ3v) is 4.89. The van der Waals surface area contributed by atoms with Crippen molar-refractivity contribution in [2.45, 2.75) is 32.6 Å². The maximum Gasteiger partial charge on any atom is 0.129 e. The summed E-state index contributed by atoms with van der Waals surface area (Å²) in [6.07, 6.45) is 0.874. The van der Waals surface area contributed by atoms with Crippen LogP contribution < -0.4 is 4.74 Å². The second-order valence-corrected chi connectivity index (χ2v) is 11.9. The van der Waals surface area contributed by atoms with Crippen LogP contribution in [0.4, 0.5) is 0 Å². The fourth-order valence-corrected chi connectivity index (χ4v) is 3.18. The molecule has 0 amide bonds. The first-order valence-corrected chi connectivity index (χ1v) is 11.8. The highest BCUT2D eigenvalue weighted by Crippen LogP contribution is 2.24. The fraction of sp³-hybridized carbons (Fsp3) is 0.286. The van der Waals surface area contributed by atoms with Crippen molar-refractivity contribution in [3.63, 3.8) is 0 Å². The zero-order chi connectivity index (χ0) is 17.2. The number of nitrogens with zero attached hydrogens (tertiary/aromatic N) is 1. The molecule has 122 valence electrons. The van der Waals surface area contributed by atoms with E-state index in [1.165, 1.54) is 16.7 Å². The van der Waals surface area contributed by atoms with Gasteiger partial charge in [-0.2, -0.15) is 0 Å². The number of rotatable bonds is 2. The van der Waals surface area contributed by atoms with Crippen molar-refractivity contribution in [1.29, 1.82) is 0 Å². The molecule has 1 aliphatic rings. The number of hydrogen-bond acceptors (Lipinski definition) is 2. The van der Waals surface area contributed by atoms with Crippen LogP contribution in [0.25, 0.3) is 0 Å². The Morgan fingerprint density at radius 1 is 1.00 bits per heavy atom. The molecular formula is C21H23NOSi. The van der Waals surface area contributed by atoms with Gasteiger partial charge in [0.05, 0.1) is 13.7 Å². The van der Waals surface area contributed by atoms with Crippen LogP contribution in [0.5, 0.6) is 5.75 Å². The lowest BCUT2D eigenvalue weighted by atomic mass is 9.94. The fourth-order valence-electron chi connectivity index (χ4n) is 2.66. The summed E-state index contributed by atoms with van der Waals surface area (Å²) in [5, 5.41) is 0. The summed E-state index contributed by atoms with van der Waals surface area (Å²) in [5.41, 5.74) is 9.43. The largest absolute Gasteiger partial charge is 0.497 e. The monoisotopic (exact) mass is 333 g/mol. The van der Waals surface area contributed by atoms with Crippen molar-refractivity contribution in [1.82, 2.24) is 0 Å². The number of hydrogen-bond donors (Lipinski definition) is 0. The van der Waals surface area contributed by atoms with Crippen molar-refractivity contribution in [3.8, 4) is 17.2 Å². The minimum absolute atomic E-state index is 0.721. The Labute approximate surface area is 145 Å². The van der Waals surface area contributed by atoms with Gasteiger partial charge in [-0.3, -0.25) is 4.99 Å². The molecule has 0 atom stereocenters. The van der Waals surface area contributed by atoms with E-state index in [1.807, 2.05) is 6.07 Å². The van der Waals surface area contributed by atoms with Crippen LogP contribution in [-0.4, -0.2) is 20.9 Å². The van der Waals surface area contributed by atoms with Gasteiger partial charge in [0.15, 0.2) is 0 Å². The van der Waals surface area contributed by atoms with Crippen molar-refractivity contribution in [3.05, 3.63) is 64.7 Å². The Morgan fingerprint density at radius 3 is 2.42 bits per heavy atom. The molecule has 0 saturated heterocycles. The molecule has 0 aliphatic carbocycles. The summed E-state index contributed by atoms with van der Waals surface area (Å²) in [6.45, 7) is 7.51. The average molecular weight is 334 g/mol. The first-order valence-electron chi connectivity index (χ1n) is 8.27. The van der Waals surface area contributed by atoms with Crippen LogP contribution in [0.15, 0.2) is 47.5 Å². The number of fused-ring (bicyclic) bond motifs is 1. The zero-order valence-corrected chi connectivity index (χ0v) is 15.8. The summed E-state index contributed by atoms with van der Waals surface area (Å²) in [5.74, 6) is 4.20. The van der Waals surface area contributed by atoms with Gasteiger partial charge in [-0.1, -0.05) is 43.8 Å². The number of benzene rings is 2. The standard InChI is InChI=1S/C21H23NOSi/c1-23-20-10-9-18-14-21(22-15-19(18)13-20)17-7-5-16(6-8-17)11-12-24(2,3)4/h5-10,13H,14-15H2,1-4H3. The molecular weight excluding hydrogens is 310 g/mol. The van der Waals surface area contributed by atoms with Crippen LogP contribution >= 0.6 is 0 Å². The Hall–Kier alpha value is -2.31. The van der Waals surface area contributed by atoms with E-state index in [4.69, 9.17) is 9.73 Å². The number of aliphatic imine (C=N–C) groups is 1. The van der Waals surface area contributed by atoms with Crippen LogP contribution in [-0.2, 0) is 13.0 Å². The highest BCUT2D eigenvalue weighted by atomic mass is 28.3. The Balaban J connectivity index is 1.78. The predicted octanol–water partition coefficient (Wildman–Crippen LogP) is 4.47. The van der Waals surface area contributed by atoms with Crippen molar-refractivity contribution in [2.24, 2.45) is 4.99 Å². The molecule has 0 radical (unpaired) electrons. The quantitative estimate of drug-likeness (QED) is 0.587. The van der Waals surface area contributed by atoms with Crippen molar-refractivity contribution >= 4 is 13.8 Å². The minimum atomic E-state index is -1.33. The molecule has 0 N–H and O–H groups in total. The maximum absolute atomic E-state index is 5.29. The third-order valence-electron chi connectivity index (χ3n) is 4.01. The van der Waals surface area contributed by atoms with Gasteiger partial charge in [0.1, 0.15) is 13.8 Å². The summed E-state index contributed by atoms with van der Waals surface area (Å²) >= 11 is 0. The molecule has 24 heavy (non-hydrogen) atoms. The molecule has 3 rings (SSSR count). The summed E-state index contributed by atoms with van der Waals surface area (Å²) in [4.78, 5) is 4.76. The molecule has 2 nitrogen and oxygen atoms in total. The minimum Gasteiger partial charge on any atom is -0.497 e. The van der Waals surface area contributed by atoms with Gasteiger partial charge in [0, 0.05) is 17.7 Å². The lowest BCUT2D eigenvalue weighted by molar-refractivity contribution is 0.414.